The van der Waals surface area contributed by atoms with Gasteiger partial charge in [-0.15, -0.1) is 0 Å². The minimum absolute atomic E-state index is 0. The fraction of sp³-hybridized carbons (Fsp3) is 0.391. The molecule has 0 aliphatic carbocycles. The second-order valence-electron chi connectivity index (χ2n) is 7.55. The molecule has 32 heavy (non-hydrogen) atoms. The van der Waals surface area contributed by atoms with E-state index in [1.54, 1.807) is 29.4 Å². The van der Waals surface area contributed by atoms with Gasteiger partial charge in [0.1, 0.15) is 17.5 Å². The standard InChI is InChI=1S/C22H26FN7O.CH4/c1-4-18-21(31)30(5-2)19-12-25-22(27-20(19)28(18)3)24-10-16-11-26-29(14-16)13-15-6-8-17(23)9-7-15;/h6-9,11-12,14,18H,4-5,10,13H2,1-3H3,(H,24,25,27);1H4/t18-;/m1./s1. The number of halogens is 1. The number of fused-ring (bicyclic) bond motifs is 1. The Kier molecular flexibility index (Phi) is 7.07. The molecule has 1 atom stereocenters. The lowest BCUT2D eigenvalue weighted by Gasteiger charge is -2.39. The van der Waals surface area contributed by atoms with E-state index in [4.69, 9.17) is 0 Å². The Bertz CT molecular complexity index is 1070. The Morgan fingerprint density at radius 3 is 2.56 bits per heavy atom. The molecule has 8 nitrogen and oxygen atoms in total. The van der Waals surface area contributed by atoms with Gasteiger partial charge in [0.05, 0.1) is 18.9 Å². The number of carbonyl (C=O) groups excluding carboxylic acids is 1. The van der Waals surface area contributed by atoms with Gasteiger partial charge in [0.25, 0.3) is 0 Å². The third kappa shape index (κ3) is 4.56. The monoisotopic (exact) mass is 439 g/mol. The molecular weight excluding hydrogens is 409 g/mol. The van der Waals surface area contributed by atoms with Crippen molar-refractivity contribution in [3.05, 3.63) is 59.8 Å². The highest BCUT2D eigenvalue weighted by molar-refractivity contribution is 6.04. The topological polar surface area (TPSA) is 79.2 Å². The van der Waals surface area contributed by atoms with Crippen molar-refractivity contribution in [2.75, 3.05) is 28.7 Å². The third-order valence-electron chi connectivity index (χ3n) is 5.49. The van der Waals surface area contributed by atoms with Crippen LogP contribution in [0.2, 0.25) is 0 Å². The summed E-state index contributed by atoms with van der Waals surface area (Å²) in [7, 11) is 1.90. The number of hydrogen-bond acceptors (Lipinski definition) is 6. The minimum Gasteiger partial charge on any atom is -0.350 e. The Labute approximate surface area is 188 Å². The number of amides is 1. The SMILES string of the molecule is C.CC[C@@H]1C(=O)N(CC)c2cnc(NCc3cnn(Cc4ccc(F)cc4)c3)nc2N1C. The summed E-state index contributed by atoms with van der Waals surface area (Å²) in [6, 6.07) is 6.17. The smallest absolute Gasteiger partial charge is 0.249 e. The van der Waals surface area contributed by atoms with E-state index in [1.807, 2.05) is 36.7 Å². The van der Waals surface area contributed by atoms with Crippen molar-refractivity contribution in [2.45, 2.75) is 46.8 Å². The maximum Gasteiger partial charge on any atom is 0.249 e. The van der Waals surface area contributed by atoms with Crippen LogP contribution in [0.1, 0.15) is 38.8 Å². The first-order chi connectivity index (χ1) is 15.0. The van der Waals surface area contributed by atoms with Gasteiger partial charge in [0, 0.05) is 31.9 Å². The number of likely N-dealkylation sites (N-methyl/N-ethyl adjacent to an activating group) is 2. The van der Waals surface area contributed by atoms with Crippen LogP contribution in [-0.2, 0) is 17.9 Å². The van der Waals surface area contributed by atoms with Crippen LogP contribution in [0, 0.1) is 5.82 Å². The Morgan fingerprint density at radius 1 is 1.12 bits per heavy atom. The second-order valence-corrected chi connectivity index (χ2v) is 7.55. The predicted molar refractivity (Wildman–Crippen MR) is 124 cm³/mol. The van der Waals surface area contributed by atoms with Crippen molar-refractivity contribution in [3.63, 3.8) is 0 Å². The van der Waals surface area contributed by atoms with Gasteiger partial charge >= 0.3 is 0 Å². The lowest BCUT2D eigenvalue weighted by atomic mass is 10.1. The van der Waals surface area contributed by atoms with Crippen LogP contribution in [0.25, 0.3) is 0 Å². The van der Waals surface area contributed by atoms with Gasteiger partial charge in [-0.25, -0.2) is 9.37 Å². The van der Waals surface area contributed by atoms with Gasteiger partial charge in [-0.3, -0.25) is 9.48 Å². The number of benzene rings is 1. The normalized spacial score (nSPS) is 15.4. The van der Waals surface area contributed by atoms with Gasteiger partial charge in [-0.1, -0.05) is 26.5 Å². The van der Waals surface area contributed by atoms with Crippen LogP contribution in [0.5, 0.6) is 0 Å². The van der Waals surface area contributed by atoms with Gasteiger partial charge in [-0.2, -0.15) is 10.1 Å². The molecule has 2 aromatic heterocycles. The molecule has 3 heterocycles. The molecule has 1 N–H and O–H groups in total. The van der Waals surface area contributed by atoms with Crippen molar-refractivity contribution in [3.8, 4) is 0 Å². The maximum absolute atomic E-state index is 13.1. The summed E-state index contributed by atoms with van der Waals surface area (Å²) < 4.78 is 14.9. The summed E-state index contributed by atoms with van der Waals surface area (Å²) in [4.78, 5) is 25.4. The van der Waals surface area contributed by atoms with Crippen molar-refractivity contribution in [1.29, 1.82) is 0 Å². The van der Waals surface area contributed by atoms with Crippen molar-refractivity contribution in [1.82, 2.24) is 19.7 Å². The molecule has 9 heteroatoms. The fourth-order valence-corrected chi connectivity index (χ4v) is 3.83. The third-order valence-corrected chi connectivity index (χ3v) is 5.49. The highest BCUT2D eigenvalue weighted by atomic mass is 19.1. The van der Waals surface area contributed by atoms with Crippen LogP contribution in [0.3, 0.4) is 0 Å². The van der Waals surface area contributed by atoms with Crippen LogP contribution in [-0.4, -0.2) is 45.3 Å². The number of hydrogen-bond donors (Lipinski definition) is 1. The van der Waals surface area contributed by atoms with Crippen LogP contribution in [0.15, 0.2) is 42.9 Å². The predicted octanol–water partition coefficient (Wildman–Crippen LogP) is 3.69. The summed E-state index contributed by atoms with van der Waals surface area (Å²) in [5, 5.41) is 7.61. The first-order valence-corrected chi connectivity index (χ1v) is 10.4. The number of carbonyl (C=O) groups is 1. The molecule has 0 fully saturated rings. The molecule has 4 rings (SSSR count). The summed E-state index contributed by atoms with van der Waals surface area (Å²) in [5.74, 6) is 1.08. The average Bonchev–Trinajstić information content (AvgIpc) is 3.22. The number of anilines is 3. The molecule has 0 saturated carbocycles. The zero-order valence-electron chi connectivity index (χ0n) is 17.9. The summed E-state index contributed by atoms with van der Waals surface area (Å²) >= 11 is 0. The van der Waals surface area contributed by atoms with E-state index in [1.165, 1.54) is 12.1 Å². The molecular formula is C23H30FN7O. The van der Waals surface area contributed by atoms with E-state index < -0.39 is 0 Å². The maximum atomic E-state index is 13.1. The van der Waals surface area contributed by atoms with Crippen molar-refractivity contribution in [2.24, 2.45) is 0 Å². The number of aromatic nitrogens is 4. The van der Waals surface area contributed by atoms with E-state index in [-0.39, 0.29) is 25.2 Å². The molecule has 0 spiro atoms. The van der Waals surface area contributed by atoms with Crippen LogP contribution >= 0.6 is 0 Å². The van der Waals surface area contributed by atoms with Crippen molar-refractivity contribution < 1.29 is 9.18 Å². The van der Waals surface area contributed by atoms with E-state index in [9.17, 15) is 9.18 Å². The van der Waals surface area contributed by atoms with Crippen LogP contribution in [0.4, 0.5) is 21.8 Å². The highest BCUT2D eigenvalue weighted by Gasteiger charge is 2.36. The Balaban J connectivity index is 0.00000289. The molecule has 170 valence electrons. The molecule has 0 bridgehead atoms. The molecule has 3 aromatic rings. The molecule has 1 aromatic carbocycles. The Morgan fingerprint density at radius 2 is 1.88 bits per heavy atom. The molecule has 0 radical (unpaired) electrons. The molecule has 1 aliphatic rings. The quantitative estimate of drug-likeness (QED) is 0.605. The van der Waals surface area contributed by atoms with E-state index in [0.717, 1.165) is 22.6 Å². The summed E-state index contributed by atoms with van der Waals surface area (Å²) in [6.07, 6.45) is 6.13. The minimum atomic E-state index is -0.249. The van der Waals surface area contributed by atoms with Gasteiger partial charge < -0.3 is 15.1 Å². The second kappa shape index (κ2) is 9.76. The molecule has 0 unspecified atom stereocenters. The van der Waals surface area contributed by atoms with Gasteiger partial charge in [0.15, 0.2) is 5.82 Å². The van der Waals surface area contributed by atoms with Gasteiger partial charge in [-0.05, 0) is 31.0 Å². The Hall–Kier alpha value is -3.49. The average molecular weight is 440 g/mol. The zero-order valence-corrected chi connectivity index (χ0v) is 17.9. The van der Waals surface area contributed by atoms with E-state index >= 15 is 0 Å². The largest absolute Gasteiger partial charge is 0.350 e. The summed E-state index contributed by atoms with van der Waals surface area (Å²) in [5.41, 5.74) is 2.69. The first-order valence-electron chi connectivity index (χ1n) is 10.4. The number of rotatable bonds is 7. The molecule has 1 aliphatic heterocycles. The zero-order chi connectivity index (χ0) is 22.0. The summed E-state index contributed by atoms with van der Waals surface area (Å²) in [6.45, 7) is 5.62. The van der Waals surface area contributed by atoms with Crippen molar-refractivity contribution >= 4 is 23.4 Å². The fourth-order valence-electron chi connectivity index (χ4n) is 3.83. The lowest BCUT2D eigenvalue weighted by Crippen LogP contribution is -2.52. The number of nitrogens with one attached hydrogen (secondary N) is 1. The lowest BCUT2D eigenvalue weighted by molar-refractivity contribution is -0.120. The molecule has 0 saturated heterocycles. The first kappa shape index (κ1) is 23.2. The molecule has 1 amide bonds. The van der Waals surface area contributed by atoms with Crippen LogP contribution < -0.4 is 15.1 Å². The van der Waals surface area contributed by atoms with E-state index in [0.29, 0.717) is 32.0 Å². The van der Waals surface area contributed by atoms with Gasteiger partial charge in [0.2, 0.25) is 11.9 Å². The van der Waals surface area contributed by atoms with E-state index in [2.05, 4.69) is 20.4 Å². The number of nitrogens with zero attached hydrogens (tertiary/aromatic N) is 6. The highest BCUT2D eigenvalue weighted by Crippen LogP contribution is 2.34.